The van der Waals surface area contributed by atoms with Crippen molar-refractivity contribution >= 4 is 27.5 Å². The molecule has 1 atom stereocenters. The number of ether oxygens (including phenoxy) is 1. The van der Waals surface area contributed by atoms with Crippen LogP contribution in [0.5, 0.6) is 5.75 Å². The molecule has 20 heavy (non-hydrogen) atoms. The maximum absolute atomic E-state index is 6.48. The molecule has 0 saturated heterocycles. The zero-order valence-corrected chi connectivity index (χ0v) is 13.8. The van der Waals surface area contributed by atoms with Crippen LogP contribution < -0.4 is 10.5 Å². The number of hydrogen-bond acceptors (Lipinski definition) is 2. The molecule has 0 fully saturated rings. The smallest absolute Gasteiger partial charge is 0.119 e. The number of benzene rings is 2. The van der Waals surface area contributed by atoms with Crippen molar-refractivity contribution < 1.29 is 4.74 Å². The van der Waals surface area contributed by atoms with E-state index in [1.807, 2.05) is 49.4 Å². The molecule has 0 bridgehead atoms. The van der Waals surface area contributed by atoms with Crippen LogP contribution in [-0.2, 0) is 12.0 Å². The summed E-state index contributed by atoms with van der Waals surface area (Å²) < 4.78 is 6.29. The van der Waals surface area contributed by atoms with Gasteiger partial charge in [-0.25, -0.2) is 0 Å². The molecule has 0 aliphatic heterocycles. The van der Waals surface area contributed by atoms with Crippen molar-refractivity contribution in [1.82, 2.24) is 0 Å². The van der Waals surface area contributed by atoms with Crippen LogP contribution in [0.2, 0.25) is 5.02 Å². The molecule has 1 unspecified atom stereocenters. The lowest BCUT2D eigenvalue weighted by atomic mass is 9.86. The fourth-order valence-electron chi connectivity index (χ4n) is 2.15. The number of hydrogen-bond donors (Lipinski definition) is 1. The summed E-state index contributed by atoms with van der Waals surface area (Å²) in [5.41, 5.74) is 8.10. The van der Waals surface area contributed by atoms with Crippen molar-refractivity contribution in [3.8, 4) is 5.75 Å². The van der Waals surface area contributed by atoms with Gasteiger partial charge in [0.05, 0.1) is 7.11 Å². The predicted molar refractivity (Wildman–Crippen MR) is 87.4 cm³/mol. The van der Waals surface area contributed by atoms with Gasteiger partial charge in [-0.15, -0.1) is 0 Å². The third-order valence-electron chi connectivity index (χ3n) is 3.29. The Morgan fingerprint density at radius 3 is 2.65 bits per heavy atom. The van der Waals surface area contributed by atoms with E-state index in [9.17, 15) is 0 Å². The third kappa shape index (κ3) is 3.54. The molecule has 0 aromatic heterocycles. The highest BCUT2D eigenvalue weighted by atomic mass is 79.9. The van der Waals surface area contributed by atoms with Crippen molar-refractivity contribution in [3.63, 3.8) is 0 Å². The number of halogens is 2. The number of rotatable bonds is 4. The maximum Gasteiger partial charge on any atom is 0.119 e. The highest BCUT2D eigenvalue weighted by Crippen LogP contribution is 2.30. The van der Waals surface area contributed by atoms with Gasteiger partial charge in [-0.2, -0.15) is 0 Å². The van der Waals surface area contributed by atoms with E-state index in [0.29, 0.717) is 11.4 Å². The minimum absolute atomic E-state index is 0.500. The maximum atomic E-state index is 6.48. The highest BCUT2D eigenvalue weighted by molar-refractivity contribution is 9.10. The fourth-order valence-corrected chi connectivity index (χ4v) is 2.73. The first-order chi connectivity index (χ1) is 9.42. The average molecular weight is 355 g/mol. The summed E-state index contributed by atoms with van der Waals surface area (Å²) in [5, 5.41) is 0.698. The normalized spacial score (nSPS) is 13.8. The van der Waals surface area contributed by atoms with E-state index in [1.165, 1.54) is 0 Å². The van der Waals surface area contributed by atoms with Crippen molar-refractivity contribution in [2.75, 3.05) is 7.11 Å². The fraction of sp³-hybridized carbons (Fsp3) is 0.250. The quantitative estimate of drug-likeness (QED) is 0.875. The first-order valence-corrected chi connectivity index (χ1v) is 7.47. The topological polar surface area (TPSA) is 35.2 Å². The van der Waals surface area contributed by atoms with Gasteiger partial charge >= 0.3 is 0 Å². The van der Waals surface area contributed by atoms with Gasteiger partial charge in [0.15, 0.2) is 0 Å². The van der Waals surface area contributed by atoms with E-state index in [1.54, 1.807) is 7.11 Å². The first kappa shape index (κ1) is 15.4. The lowest BCUT2D eigenvalue weighted by Gasteiger charge is -2.26. The molecule has 2 aromatic rings. The lowest BCUT2D eigenvalue weighted by Crippen LogP contribution is -2.35. The molecule has 2 nitrogen and oxygen atoms in total. The van der Waals surface area contributed by atoms with Gasteiger partial charge in [0.2, 0.25) is 0 Å². The molecular weight excluding hydrogens is 338 g/mol. The molecule has 0 saturated carbocycles. The molecular formula is C16H17BrClNO. The minimum atomic E-state index is -0.500. The number of nitrogens with two attached hydrogens (primary N) is 1. The van der Waals surface area contributed by atoms with E-state index in [2.05, 4.69) is 15.9 Å². The largest absolute Gasteiger partial charge is 0.497 e. The van der Waals surface area contributed by atoms with Crippen molar-refractivity contribution in [2.45, 2.75) is 18.9 Å². The van der Waals surface area contributed by atoms with E-state index < -0.39 is 5.54 Å². The second-order valence-electron chi connectivity index (χ2n) is 5.06. The molecule has 106 valence electrons. The standard InChI is InChI=1S/C16H17BrClNO/c1-16(19,12-4-3-5-13(18)9-12)10-11-8-14(20-2)6-7-15(11)17/h3-9H,10,19H2,1-2H3. The summed E-state index contributed by atoms with van der Waals surface area (Å²) in [6.07, 6.45) is 0.686. The summed E-state index contributed by atoms with van der Waals surface area (Å²) in [6.45, 7) is 2.00. The monoisotopic (exact) mass is 353 g/mol. The van der Waals surface area contributed by atoms with Crippen LogP contribution >= 0.6 is 27.5 Å². The van der Waals surface area contributed by atoms with Crippen molar-refractivity contribution in [3.05, 3.63) is 63.1 Å². The zero-order valence-electron chi connectivity index (χ0n) is 11.5. The van der Waals surface area contributed by atoms with E-state index in [-0.39, 0.29) is 0 Å². The Balaban J connectivity index is 2.32. The Kier molecular flexibility index (Phi) is 4.74. The summed E-state index contributed by atoms with van der Waals surface area (Å²) in [7, 11) is 1.66. The highest BCUT2D eigenvalue weighted by Gasteiger charge is 2.23. The first-order valence-electron chi connectivity index (χ1n) is 6.30. The molecule has 0 aliphatic carbocycles. The third-order valence-corrected chi connectivity index (χ3v) is 4.30. The van der Waals surface area contributed by atoms with Crippen LogP contribution in [0.15, 0.2) is 46.9 Å². The van der Waals surface area contributed by atoms with E-state index >= 15 is 0 Å². The Morgan fingerprint density at radius 1 is 1.25 bits per heavy atom. The zero-order chi connectivity index (χ0) is 14.8. The minimum Gasteiger partial charge on any atom is -0.497 e. The lowest BCUT2D eigenvalue weighted by molar-refractivity contribution is 0.413. The Morgan fingerprint density at radius 2 is 2.00 bits per heavy atom. The molecule has 4 heteroatoms. The molecule has 0 aliphatic rings. The van der Waals surface area contributed by atoms with Crippen LogP contribution in [0.25, 0.3) is 0 Å². The van der Waals surface area contributed by atoms with Gasteiger partial charge in [-0.1, -0.05) is 39.7 Å². The van der Waals surface area contributed by atoms with Gasteiger partial charge in [0.1, 0.15) is 5.75 Å². The Labute approximate surface area is 133 Å². The second-order valence-corrected chi connectivity index (χ2v) is 6.35. The Hall–Kier alpha value is -1.03. The van der Waals surface area contributed by atoms with Crippen molar-refractivity contribution in [2.24, 2.45) is 5.73 Å². The van der Waals surface area contributed by atoms with Gasteiger partial charge < -0.3 is 10.5 Å². The van der Waals surface area contributed by atoms with Crippen LogP contribution in [-0.4, -0.2) is 7.11 Å². The Bertz CT molecular complexity index is 613. The van der Waals surface area contributed by atoms with Crippen LogP contribution in [0.1, 0.15) is 18.1 Å². The van der Waals surface area contributed by atoms with Crippen LogP contribution in [0.3, 0.4) is 0 Å². The van der Waals surface area contributed by atoms with Crippen LogP contribution in [0, 0.1) is 0 Å². The average Bonchev–Trinajstić information content (AvgIpc) is 2.41. The van der Waals surface area contributed by atoms with Crippen LogP contribution in [0.4, 0.5) is 0 Å². The summed E-state index contributed by atoms with van der Waals surface area (Å²) >= 11 is 9.61. The van der Waals surface area contributed by atoms with Gasteiger partial charge in [0, 0.05) is 15.0 Å². The van der Waals surface area contributed by atoms with Gasteiger partial charge in [-0.05, 0) is 54.8 Å². The summed E-state index contributed by atoms with van der Waals surface area (Å²) in [5.74, 6) is 0.824. The number of methoxy groups -OCH3 is 1. The molecule has 2 rings (SSSR count). The van der Waals surface area contributed by atoms with Crippen molar-refractivity contribution in [1.29, 1.82) is 0 Å². The summed E-state index contributed by atoms with van der Waals surface area (Å²) in [4.78, 5) is 0. The van der Waals surface area contributed by atoms with Gasteiger partial charge in [0.25, 0.3) is 0 Å². The molecule has 2 N–H and O–H groups in total. The molecule has 0 amide bonds. The molecule has 0 radical (unpaired) electrons. The second kappa shape index (κ2) is 6.17. The molecule has 0 heterocycles. The van der Waals surface area contributed by atoms with E-state index in [4.69, 9.17) is 22.1 Å². The molecule has 2 aromatic carbocycles. The summed E-state index contributed by atoms with van der Waals surface area (Å²) in [6, 6.07) is 13.6. The predicted octanol–water partition coefficient (Wildman–Crippen LogP) is 4.53. The molecule has 0 spiro atoms. The SMILES string of the molecule is COc1ccc(Br)c(CC(C)(N)c2cccc(Cl)c2)c1. The van der Waals surface area contributed by atoms with E-state index in [0.717, 1.165) is 21.3 Å². The van der Waals surface area contributed by atoms with Gasteiger partial charge in [-0.3, -0.25) is 0 Å².